The second-order valence-corrected chi connectivity index (χ2v) is 7.40. The third-order valence-electron chi connectivity index (χ3n) is 5.61. The summed E-state index contributed by atoms with van der Waals surface area (Å²) in [5.74, 6) is -3.02. The van der Waals surface area contributed by atoms with Crippen molar-refractivity contribution in [3.05, 3.63) is 50.8 Å². The van der Waals surface area contributed by atoms with Gasteiger partial charge in [-0.15, -0.1) is 0 Å². The fourth-order valence-electron chi connectivity index (χ4n) is 4.14. The van der Waals surface area contributed by atoms with Crippen molar-refractivity contribution in [3.8, 4) is 0 Å². The average Bonchev–Trinajstić information content (AvgIpc) is 3.24. The van der Waals surface area contributed by atoms with Gasteiger partial charge in [-0.2, -0.15) is 0 Å². The number of pyridine rings is 1. The molecule has 1 aromatic heterocycles. The molecule has 1 saturated carbocycles. The molecule has 0 amide bonds. The van der Waals surface area contributed by atoms with Gasteiger partial charge in [0.2, 0.25) is 5.43 Å². The van der Waals surface area contributed by atoms with Crippen molar-refractivity contribution < 1.29 is 18.7 Å². The van der Waals surface area contributed by atoms with Crippen molar-refractivity contribution in [2.45, 2.75) is 18.9 Å². The molecule has 0 saturated heterocycles. The molecule has 2 aliphatic heterocycles. The SMILES string of the molecule is O=C(O)c1cn(C2CC2)c2c(F)c(N3CC4=C(CNC4)C3)c(F)cc2c1=O. The van der Waals surface area contributed by atoms with E-state index in [9.17, 15) is 19.1 Å². The van der Waals surface area contributed by atoms with Crippen LogP contribution in [0.4, 0.5) is 14.5 Å². The second-order valence-electron chi connectivity index (χ2n) is 7.40. The van der Waals surface area contributed by atoms with Crippen molar-refractivity contribution in [1.82, 2.24) is 9.88 Å². The summed E-state index contributed by atoms with van der Waals surface area (Å²) in [5, 5.41) is 12.3. The van der Waals surface area contributed by atoms with Crippen LogP contribution in [0.15, 0.2) is 28.2 Å². The molecule has 0 atom stereocenters. The number of rotatable bonds is 3. The van der Waals surface area contributed by atoms with Gasteiger partial charge in [0, 0.05) is 38.4 Å². The summed E-state index contributed by atoms with van der Waals surface area (Å²) in [6.45, 7) is 2.33. The van der Waals surface area contributed by atoms with E-state index in [1.54, 1.807) is 4.90 Å². The molecule has 0 spiro atoms. The summed E-state index contributed by atoms with van der Waals surface area (Å²) in [6, 6.07) is 0.924. The summed E-state index contributed by atoms with van der Waals surface area (Å²) in [6.07, 6.45) is 2.74. The molecule has 3 heterocycles. The second kappa shape index (κ2) is 5.63. The number of anilines is 1. The molecule has 2 N–H and O–H groups in total. The van der Waals surface area contributed by atoms with Crippen molar-refractivity contribution in [2.24, 2.45) is 0 Å². The van der Waals surface area contributed by atoms with E-state index in [2.05, 4.69) is 5.32 Å². The van der Waals surface area contributed by atoms with Gasteiger partial charge in [0.15, 0.2) is 5.82 Å². The normalized spacial score (nSPS) is 19.3. The fourth-order valence-corrected chi connectivity index (χ4v) is 4.14. The maximum absolute atomic E-state index is 15.5. The highest BCUT2D eigenvalue weighted by atomic mass is 19.1. The van der Waals surface area contributed by atoms with Crippen molar-refractivity contribution in [2.75, 3.05) is 31.1 Å². The van der Waals surface area contributed by atoms with Crippen LogP contribution in [0.5, 0.6) is 0 Å². The molecule has 0 unspecified atom stereocenters. The van der Waals surface area contributed by atoms with Crippen LogP contribution in [0, 0.1) is 11.6 Å². The molecule has 27 heavy (non-hydrogen) atoms. The van der Waals surface area contributed by atoms with E-state index in [0.29, 0.717) is 13.1 Å². The van der Waals surface area contributed by atoms with Crippen molar-refractivity contribution in [3.63, 3.8) is 0 Å². The Hall–Kier alpha value is -2.74. The van der Waals surface area contributed by atoms with E-state index in [1.165, 1.54) is 10.8 Å². The first-order valence-corrected chi connectivity index (χ1v) is 8.91. The van der Waals surface area contributed by atoms with Gasteiger partial charge in [0.25, 0.3) is 0 Å². The third kappa shape index (κ3) is 2.39. The first-order valence-electron chi connectivity index (χ1n) is 8.91. The summed E-state index contributed by atoms with van der Waals surface area (Å²) >= 11 is 0. The average molecular weight is 373 g/mol. The van der Waals surface area contributed by atoms with E-state index in [0.717, 1.165) is 43.1 Å². The van der Waals surface area contributed by atoms with Crippen LogP contribution in [-0.4, -0.2) is 41.8 Å². The first kappa shape index (κ1) is 16.4. The number of nitrogens with zero attached hydrogens (tertiary/aromatic N) is 2. The number of halogens is 2. The van der Waals surface area contributed by atoms with Crippen LogP contribution in [0.25, 0.3) is 10.9 Å². The van der Waals surface area contributed by atoms with Gasteiger partial charge in [0.1, 0.15) is 17.1 Å². The number of benzene rings is 1. The Morgan fingerprint density at radius 2 is 1.85 bits per heavy atom. The number of nitrogens with one attached hydrogen (secondary N) is 1. The monoisotopic (exact) mass is 373 g/mol. The van der Waals surface area contributed by atoms with E-state index in [-0.39, 0.29) is 22.6 Å². The first-order chi connectivity index (χ1) is 13.0. The highest BCUT2D eigenvalue weighted by molar-refractivity contribution is 5.94. The number of hydrogen-bond donors (Lipinski definition) is 2. The molecule has 1 aromatic carbocycles. The molecule has 6 nitrogen and oxygen atoms in total. The van der Waals surface area contributed by atoms with E-state index in [4.69, 9.17) is 0 Å². The number of hydrogen-bond acceptors (Lipinski definition) is 4. The zero-order valence-corrected chi connectivity index (χ0v) is 14.4. The fraction of sp³-hybridized carbons (Fsp3) is 0.368. The lowest BCUT2D eigenvalue weighted by molar-refractivity contribution is 0.0695. The molecule has 0 bridgehead atoms. The van der Waals surface area contributed by atoms with Gasteiger partial charge in [0.05, 0.1) is 10.9 Å². The molecule has 3 aliphatic rings. The van der Waals surface area contributed by atoms with Gasteiger partial charge >= 0.3 is 5.97 Å². The third-order valence-corrected chi connectivity index (χ3v) is 5.61. The summed E-state index contributed by atoms with van der Waals surface area (Å²) in [4.78, 5) is 25.6. The van der Waals surface area contributed by atoms with E-state index in [1.807, 2.05) is 0 Å². The summed E-state index contributed by atoms with van der Waals surface area (Å²) in [5.41, 5.74) is 0.825. The van der Waals surface area contributed by atoms with E-state index >= 15 is 4.39 Å². The standard InChI is InChI=1S/C19H17F2N3O3/c20-14-3-12-16(24(11-1-2-11)8-13(18(12)25)19(26)27)15(21)17(14)23-6-9-4-22-5-10(9)7-23/h3,8,11,22H,1-2,4-7H2,(H,26,27). The molecule has 0 radical (unpaired) electrons. The number of fused-ring (bicyclic) bond motifs is 1. The van der Waals surface area contributed by atoms with Crippen LogP contribution < -0.4 is 15.6 Å². The maximum atomic E-state index is 15.5. The number of aromatic carboxylic acids is 1. The van der Waals surface area contributed by atoms with Crippen LogP contribution in [-0.2, 0) is 0 Å². The van der Waals surface area contributed by atoms with Crippen LogP contribution in [0.1, 0.15) is 29.2 Å². The summed E-state index contributed by atoms with van der Waals surface area (Å²) < 4.78 is 31.9. The van der Waals surface area contributed by atoms with Gasteiger partial charge in [-0.1, -0.05) is 0 Å². The zero-order chi connectivity index (χ0) is 18.9. The number of carbonyl (C=O) groups is 1. The van der Waals surface area contributed by atoms with E-state index < -0.39 is 28.6 Å². The highest BCUT2D eigenvalue weighted by Gasteiger charge is 2.33. The Morgan fingerprint density at radius 1 is 1.19 bits per heavy atom. The lowest BCUT2D eigenvalue weighted by atomic mass is 10.1. The molecule has 140 valence electrons. The Labute approximate surface area is 152 Å². The summed E-state index contributed by atoms with van der Waals surface area (Å²) in [7, 11) is 0. The topological polar surface area (TPSA) is 74.6 Å². The molecular weight excluding hydrogens is 356 g/mol. The lowest BCUT2D eigenvalue weighted by Gasteiger charge is -2.23. The Bertz CT molecular complexity index is 1090. The van der Waals surface area contributed by atoms with Gasteiger partial charge in [-0.25, -0.2) is 13.6 Å². The molecule has 1 fully saturated rings. The molecule has 8 heteroatoms. The predicted octanol–water partition coefficient (Wildman–Crippen LogP) is 2.03. The Morgan fingerprint density at radius 3 is 2.44 bits per heavy atom. The molecule has 1 aliphatic carbocycles. The van der Waals surface area contributed by atoms with Crippen LogP contribution in [0.2, 0.25) is 0 Å². The van der Waals surface area contributed by atoms with Gasteiger partial charge in [-0.3, -0.25) is 4.79 Å². The largest absolute Gasteiger partial charge is 0.477 e. The maximum Gasteiger partial charge on any atom is 0.341 e. The minimum absolute atomic E-state index is 0.00548. The minimum Gasteiger partial charge on any atom is -0.477 e. The molecule has 2 aromatic rings. The highest BCUT2D eigenvalue weighted by Crippen LogP contribution is 2.40. The van der Waals surface area contributed by atoms with Crippen LogP contribution >= 0.6 is 0 Å². The zero-order valence-electron chi connectivity index (χ0n) is 14.4. The lowest BCUT2D eigenvalue weighted by Crippen LogP contribution is -2.29. The molecule has 5 rings (SSSR count). The van der Waals surface area contributed by atoms with Gasteiger partial charge < -0.3 is 19.9 Å². The number of aromatic nitrogens is 1. The number of carboxylic acids is 1. The van der Waals surface area contributed by atoms with Crippen molar-refractivity contribution >= 4 is 22.6 Å². The predicted molar refractivity (Wildman–Crippen MR) is 95.5 cm³/mol. The quantitative estimate of drug-likeness (QED) is 0.806. The van der Waals surface area contributed by atoms with Crippen molar-refractivity contribution in [1.29, 1.82) is 0 Å². The Kier molecular flexibility index (Phi) is 3.42. The Balaban J connectivity index is 1.73. The van der Waals surface area contributed by atoms with Gasteiger partial charge in [-0.05, 0) is 30.1 Å². The van der Waals surface area contributed by atoms with Crippen LogP contribution in [0.3, 0.4) is 0 Å². The number of carboxylic acid groups (broad SMARTS) is 1. The molecular formula is C19H17F2N3O3. The minimum atomic E-state index is -1.39. The smallest absolute Gasteiger partial charge is 0.341 e.